The highest BCUT2D eigenvalue weighted by molar-refractivity contribution is 5.58. The topological polar surface area (TPSA) is 12.0 Å². The maximum absolute atomic E-state index is 3.53. The van der Waals surface area contributed by atoms with Crippen LogP contribution in [0.2, 0.25) is 0 Å². The maximum atomic E-state index is 3.53. The molecule has 91 valence electrons. The van der Waals surface area contributed by atoms with Crippen LogP contribution in [0.5, 0.6) is 0 Å². The van der Waals surface area contributed by atoms with Gasteiger partial charge in [-0.1, -0.05) is 32.4 Å². The van der Waals surface area contributed by atoms with Gasteiger partial charge >= 0.3 is 0 Å². The summed E-state index contributed by atoms with van der Waals surface area (Å²) >= 11 is 0. The number of anilines is 1. The third-order valence-corrected chi connectivity index (χ3v) is 4.44. The van der Waals surface area contributed by atoms with Crippen molar-refractivity contribution in [2.75, 3.05) is 11.9 Å². The van der Waals surface area contributed by atoms with E-state index in [2.05, 4.69) is 43.8 Å². The van der Waals surface area contributed by atoms with Crippen molar-refractivity contribution in [1.82, 2.24) is 0 Å². The summed E-state index contributed by atoms with van der Waals surface area (Å²) < 4.78 is 0. The Hall–Kier alpha value is -0.980. The van der Waals surface area contributed by atoms with Crippen molar-refractivity contribution in [3.8, 4) is 0 Å². The van der Waals surface area contributed by atoms with E-state index >= 15 is 0 Å². The average molecular weight is 228 g/mol. The lowest BCUT2D eigenvalue weighted by Gasteiger charge is -2.34. The molecule has 1 aromatic rings. The van der Waals surface area contributed by atoms with E-state index in [1.807, 2.05) is 0 Å². The van der Waals surface area contributed by atoms with Crippen molar-refractivity contribution >= 4 is 5.69 Å². The second-order valence-corrected chi connectivity index (χ2v) is 6.14. The molecule has 0 spiro atoms. The molecular formula is C16H22N. The molecule has 1 saturated carbocycles. The fourth-order valence-electron chi connectivity index (χ4n) is 3.23. The van der Waals surface area contributed by atoms with Crippen LogP contribution in [-0.2, 0) is 5.41 Å². The van der Waals surface area contributed by atoms with Crippen molar-refractivity contribution in [1.29, 1.82) is 0 Å². The minimum Gasteiger partial charge on any atom is -0.385 e. The predicted octanol–water partition coefficient (Wildman–Crippen LogP) is 4.25. The summed E-state index contributed by atoms with van der Waals surface area (Å²) in [6.07, 6.45) is 7.72. The van der Waals surface area contributed by atoms with E-state index in [0.29, 0.717) is 11.3 Å². The molecule has 1 atom stereocenters. The van der Waals surface area contributed by atoms with E-state index in [1.54, 1.807) is 0 Å². The van der Waals surface area contributed by atoms with Gasteiger partial charge in [0.1, 0.15) is 0 Å². The lowest BCUT2D eigenvalue weighted by molar-refractivity contribution is 0.481. The maximum Gasteiger partial charge on any atom is 0.0378 e. The molecule has 1 nitrogen and oxygen atoms in total. The Labute approximate surface area is 105 Å². The van der Waals surface area contributed by atoms with E-state index in [1.165, 1.54) is 42.5 Å². The van der Waals surface area contributed by atoms with Crippen LogP contribution in [0.1, 0.15) is 56.6 Å². The standard InChI is InChI=1S/C16H22N/c1-16(2)9-10-17-15-8-7-13(11-14(15)16)12-5-3-4-6-12/h5,7-8,11-12,17H,3-4,6,9-10H2,1-2H3. The molecule has 17 heavy (non-hydrogen) atoms. The Balaban J connectivity index is 1.98. The van der Waals surface area contributed by atoms with Crippen LogP contribution in [0.4, 0.5) is 5.69 Å². The molecule has 1 aromatic carbocycles. The number of hydrogen-bond donors (Lipinski definition) is 1. The summed E-state index contributed by atoms with van der Waals surface area (Å²) in [5.74, 6) is 0.707. The molecule has 0 saturated heterocycles. The highest BCUT2D eigenvalue weighted by atomic mass is 14.9. The Morgan fingerprint density at radius 1 is 1.29 bits per heavy atom. The molecular weight excluding hydrogens is 206 g/mol. The SMILES string of the molecule is CC1(C)CCNc2ccc(C3[CH]CCC3)cc21. The molecule has 1 aliphatic heterocycles. The molecule has 1 fully saturated rings. The number of rotatable bonds is 1. The summed E-state index contributed by atoms with van der Waals surface area (Å²) in [4.78, 5) is 0. The summed E-state index contributed by atoms with van der Waals surface area (Å²) in [5, 5.41) is 3.53. The number of nitrogens with one attached hydrogen (secondary N) is 1. The largest absolute Gasteiger partial charge is 0.385 e. The molecule has 0 bridgehead atoms. The summed E-state index contributed by atoms with van der Waals surface area (Å²) in [6, 6.07) is 7.06. The lowest BCUT2D eigenvalue weighted by Crippen LogP contribution is -2.28. The monoisotopic (exact) mass is 228 g/mol. The van der Waals surface area contributed by atoms with E-state index in [4.69, 9.17) is 0 Å². The minimum atomic E-state index is 0.329. The fraction of sp³-hybridized carbons (Fsp3) is 0.562. The summed E-state index contributed by atoms with van der Waals surface area (Å²) in [5.41, 5.74) is 4.72. The molecule has 0 aromatic heterocycles. The van der Waals surface area contributed by atoms with Gasteiger partial charge in [-0.25, -0.2) is 0 Å². The number of benzene rings is 1. The Kier molecular flexibility index (Phi) is 2.65. The second kappa shape index (κ2) is 4.04. The molecule has 0 amide bonds. The highest BCUT2D eigenvalue weighted by Crippen LogP contribution is 2.40. The van der Waals surface area contributed by atoms with Crippen molar-refractivity contribution in [3.05, 3.63) is 35.7 Å². The van der Waals surface area contributed by atoms with Gasteiger partial charge in [0, 0.05) is 12.2 Å². The highest BCUT2D eigenvalue weighted by Gasteiger charge is 2.28. The zero-order valence-electron chi connectivity index (χ0n) is 10.9. The average Bonchev–Trinajstić information content (AvgIpc) is 2.82. The molecule has 1 heterocycles. The van der Waals surface area contributed by atoms with Crippen LogP contribution in [0.15, 0.2) is 18.2 Å². The predicted molar refractivity (Wildman–Crippen MR) is 73.5 cm³/mol. The first-order chi connectivity index (χ1) is 8.17. The van der Waals surface area contributed by atoms with Crippen LogP contribution < -0.4 is 5.32 Å². The molecule has 1 heteroatoms. The fourth-order valence-corrected chi connectivity index (χ4v) is 3.23. The molecule has 1 radical (unpaired) electrons. The lowest BCUT2D eigenvalue weighted by atomic mass is 9.77. The Bertz CT molecular complexity index is 414. The second-order valence-electron chi connectivity index (χ2n) is 6.14. The van der Waals surface area contributed by atoms with Crippen molar-refractivity contribution in [2.24, 2.45) is 0 Å². The smallest absolute Gasteiger partial charge is 0.0378 e. The van der Waals surface area contributed by atoms with Crippen molar-refractivity contribution in [3.63, 3.8) is 0 Å². The summed E-state index contributed by atoms with van der Waals surface area (Å²) in [6.45, 7) is 5.85. The molecule has 1 aliphatic carbocycles. The number of fused-ring (bicyclic) bond motifs is 1. The van der Waals surface area contributed by atoms with E-state index < -0.39 is 0 Å². The van der Waals surface area contributed by atoms with Crippen molar-refractivity contribution < 1.29 is 0 Å². The van der Waals surface area contributed by atoms with Gasteiger partial charge in [0.15, 0.2) is 0 Å². The van der Waals surface area contributed by atoms with E-state index in [0.717, 1.165) is 6.54 Å². The number of hydrogen-bond acceptors (Lipinski definition) is 1. The van der Waals surface area contributed by atoms with Crippen LogP contribution in [0.3, 0.4) is 0 Å². The minimum absolute atomic E-state index is 0.329. The van der Waals surface area contributed by atoms with Gasteiger partial charge in [-0.15, -0.1) is 0 Å². The Morgan fingerprint density at radius 3 is 2.94 bits per heavy atom. The quantitative estimate of drug-likeness (QED) is 0.757. The van der Waals surface area contributed by atoms with Gasteiger partial charge in [0.25, 0.3) is 0 Å². The van der Waals surface area contributed by atoms with Crippen LogP contribution in [0, 0.1) is 6.42 Å². The van der Waals surface area contributed by atoms with Gasteiger partial charge in [-0.05, 0) is 54.2 Å². The molecule has 2 aliphatic rings. The third-order valence-electron chi connectivity index (χ3n) is 4.44. The Morgan fingerprint density at radius 2 is 2.18 bits per heavy atom. The van der Waals surface area contributed by atoms with Crippen LogP contribution >= 0.6 is 0 Å². The van der Waals surface area contributed by atoms with E-state index in [9.17, 15) is 0 Å². The van der Waals surface area contributed by atoms with Crippen LogP contribution in [0.25, 0.3) is 0 Å². The van der Waals surface area contributed by atoms with Crippen LogP contribution in [-0.4, -0.2) is 6.54 Å². The van der Waals surface area contributed by atoms with Gasteiger partial charge < -0.3 is 5.32 Å². The van der Waals surface area contributed by atoms with Gasteiger partial charge in [-0.2, -0.15) is 0 Å². The first-order valence-corrected chi connectivity index (χ1v) is 6.88. The first-order valence-electron chi connectivity index (χ1n) is 6.88. The first kappa shape index (κ1) is 11.1. The molecule has 1 N–H and O–H groups in total. The van der Waals surface area contributed by atoms with Gasteiger partial charge in [0.2, 0.25) is 0 Å². The third kappa shape index (κ3) is 1.96. The van der Waals surface area contributed by atoms with E-state index in [-0.39, 0.29) is 0 Å². The zero-order valence-corrected chi connectivity index (χ0v) is 10.9. The zero-order chi connectivity index (χ0) is 11.9. The van der Waals surface area contributed by atoms with Gasteiger partial charge in [0.05, 0.1) is 0 Å². The van der Waals surface area contributed by atoms with Gasteiger partial charge in [-0.3, -0.25) is 0 Å². The normalized spacial score (nSPS) is 23.2. The van der Waals surface area contributed by atoms with Crippen molar-refractivity contribution in [2.45, 2.75) is 50.9 Å². The summed E-state index contributed by atoms with van der Waals surface area (Å²) in [7, 11) is 0. The molecule has 3 rings (SSSR count). The molecule has 1 unspecified atom stereocenters.